The van der Waals surface area contributed by atoms with Crippen molar-refractivity contribution in [2.45, 2.75) is 65.1 Å². The number of fused-ring (bicyclic) bond motifs is 1. The highest BCUT2D eigenvalue weighted by molar-refractivity contribution is 7.17. The highest BCUT2D eigenvalue weighted by Crippen LogP contribution is 2.34. The molecule has 4 rings (SSSR count). The number of benzene rings is 1. The van der Waals surface area contributed by atoms with Crippen LogP contribution in [0.1, 0.15) is 49.6 Å². The molecule has 0 saturated heterocycles. The van der Waals surface area contributed by atoms with Gasteiger partial charge in [0.25, 0.3) is 5.56 Å². The quantitative estimate of drug-likeness (QED) is 0.577. The Kier molecular flexibility index (Phi) is 5.86. The predicted octanol–water partition coefficient (Wildman–Crippen LogP) is 4.39. The molecule has 6 heteroatoms. The Balaban J connectivity index is 1.65. The van der Waals surface area contributed by atoms with E-state index in [0.29, 0.717) is 30.3 Å². The minimum atomic E-state index is -0.325. The molecule has 0 aliphatic heterocycles. The van der Waals surface area contributed by atoms with Crippen molar-refractivity contribution in [1.82, 2.24) is 14.9 Å². The van der Waals surface area contributed by atoms with Gasteiger partial charge in [0.2, 0.25) is 0 Å². The standard InChI is InChI=1S/C23H29N3O2S/c1-4-5-17(27)11-26(16-8-9-16)12-20-24-22(28)21-19(13-29-23(21)25-20)18-10-14(2)6-7-15(18)3/h6-7,10,13,16-17,27H,4-5,8-9,11-12H2,1-3H3,(H,24,25,28). The van der Waals surface area contributed by atoms with Crippen LogP contribution in [0.2, 0.25) is 0 Å². The summed E-state index contributed by atoms with van der Waals surface area (Å²) in [5, 5.41) is 13.0. The lowest BCUT2D eigenvalue weighted by Gasteiger charge is -2.24. The van der Waals surface area contributed by atoms with Gasteiger partial charge >= 0.3 is 0 Å². The summed E-state index contributed by atoms with van der Waals surface area (Å²) >= 11 is 1.53. The Bertz CT molecular complexity index is 1070. The fourth-order valence-corrected chi connectivity index (χ4v) is 4.92. The lowest BCUT2D eigenvalue weighted by molar-refractivity contribution is 0.0953. The molecule has 1 aromatic carbocycles. The molecule has 1 fully saturated rings. The van der Waals surface area contributed by atoms with Gasteiger partial charge in [-0.15, -0.1) is 11.3 Å². The fraction of sp³-hybridized carbons (Fsp3) is 0.478. The number of H-pyrrole nitrogens is 1. The van der Waals surface area contributed by atoms with E-state index in [1.54, 1.807) is 0 Å². The molecular weight excluding hydrogens is 382 g/mol. The molecule has 2 N–H and O–H groups in total. The summed E-state index contributed by atoms with van der Waals surface area (Å²) in [5.41, 5.74) is 4.31. The average molecular weight is 412 g/mol. The number of aromatic nitrogens is 2. The number of aliphatic hydroxyl groups is 1. The molecular formula is C23H29N3O2S. The second-order valence-corrected chi connectivity index (χ2v) is 9.12. The van der Waals surface area contributed by atoms with Crippen LogP contribution in [0.4, 0.5) is 0 Å². The molecule has 1 aliphatic carbocycles. The Hall–Kier alpha value is -2.02. The molecule has 154 valence electrons. The number of aryl methyl sites for hydroxylation is 2. The van der Waals surface area contributed by atoms with Gasteiger partial charge in [0.15, 0.2) is 0 Å². The van der Waals surface area contributed by atoms with Gasteiger partial charge in [0.05, 0.1) is 18.0 Å². The molecule has 0 spiro atoms. The Morgan fingerprint density at radius 3 is 2.83 bits per heavy atom. The smallest absolute Gasteiger partial charge is 0.260 e. The van der Waals surface area contributed by atoms with Crippen LogP contribution in [0.15, 0.2) is 28.4 Å². The van der Waals surface area contributed by atoms with Gasteiger partial charge in [0.1, 0.15) is 10.7 Å². The molecule has 1 saturated carbocycles. The van der Waals surface area contributed by atoms with E-state index in [0.717, 1.165) is 47.2 Å². The topological polar surface area (TPSA) is 69.2 Å². The van der Waals surface area contributed by atoms with Gasteiger partial charge in [0, 0.05) is 23.5 Å². The van der Waals surface area contributed by atoms with Crippen molar-refractivity contribution in [3.05, 3.63) is 50.9 Å². The third kappa shape index (κ3) is 4.44. The van der Waals surface area contributed by atoms with Crippen molar-refractivity contribution in [3.8, 4) is 11.1 Å². The summed E-state index contributed by atoms with van der Waals surface area (Å²) in [7, 11) is 0. The number of aliphatic hydroxyl groups excluding tert-OH is 1. The molecule has 1 aliphatic rings. The molecule has 0 bridgehead atoms. The molecule has 2 aromatic heterocycles. The van der Waals surface area contributed by atoms with Crippen molar-refractivity contribution in [1.29, 1.82) is 0 Å². The van der Waals surface area contributed by atoms with Gasteiger partial charge in [-0.05, 0) is 44.2 Å². The minimum absolute atomic E-state index is 0.0768. The number of hydrogen-bond donors (Lipinski definition) is 2. The summed E-state index contributed by atoms with van der Waals surface area (Å²) in [6.07, 6.45) is 3.75. The molecule has 3 aromatic rings. The van der Waals surface area contributed by atoms with Crippen LogP contribution in [-0.4, -0.2) is 38.7 Å². The van der Waals surface area contributed by atoms with Crippen molar-refractivity contribution < 1.29 is 5.11 Å². The normalized spacial score (nSPS) is 15.3. The highest BCUT2D eigenvalue weighted by atomic mass is 32.1. The summed E-state index contributed by atoms with van der Waals surface area (Å²) in [5.74, 6) is 0.687. The zero-order valence-corrected chi connectivity index (χ0v) is 18.2. The van der Waals surface area contributed by atoms with E-state index in [-0.39, 0.29) is 11.7 Å². The van der Waals surface area contributed by atoms with Gasteiger partial charge in [-0.3, -0.25) is 9.69 Å². The fourth-order valence-electron chi connectivity index (χ4n) is 3.96. The maximum Gasteiger partial charge on any atom is 0.260 e. The van der Waals surface area contributed by atoms with Gasteiger partial charge in [-0.25, -0.2) is 4.98 Å². The summed E-state index contributed by atoms with van der Waals surface area (Å²) in [4.78, 5) is 23.8. The van der Waals surface area contributed by atoms with Gasteiger partial charge < -0.3 is 10.1 Å². The van der Waals surface area contributed by atoms with Crippen LogP contribution in [0.25, 0.3) is 21.3 Å². The number of thiophene rings is 1. The molecule has 0 amide bonds. The molecule has 29 heavy (non-hydrogen) atoms. The summed E-state index contributed by atoms with van der Waals surface area (Å²) in [6.45, 7) is 7.44. The van der Waals surface area contributed by atoms with Crippen LogP contribution in [-0.2, 0) is 6.54 Å². The lowest BCUT2D eigenvalue weighted by Crippen LogP contribution is -2.34. The summed E-state index contributed by atoms with van der Waals surface area (Å²) in [6, 6.07) is 6.82. The minimum Gasteiger partial charge on any atom is -0.392 e. The SMILES string of the molecule is CCCC(O)CN(Cc1nc2scc(-c3cc(C)ccc3C)c2c(=O)[nH]1)C1CC1. The maximum atomic E-state index is 13.0. The first-order valence-corrected chi connectivity index (χ1v) is 11.3. The third-order valence-electron chi connectivity index (χ3n) is 5.66. The van der Waals surface area contributed by atoms with Crippen molar-refractivity contribution in [2.75, 3.05) is 6.54 Å². The largest absolute Gasteiger partial charge is 0.392 e. The molecule has 2 heterocycles. The van der Waals surface area contributed by atoms with E-state index in [4.69, 9.17) is 4.98 Å². The number of rotatable bonds is 8. The number of nitrogens with one attached hydrogen (secondary N) is 1. The van der Waals surface area contributed by atoms with Crippen molar-refractivity contribution >= 4 is 21.6 Å². The van der Waals surface area contributed by atoms with Crippen LogP contribution in [0, 0.1) is 13.8 Å². The molecule has 1 unspecified atom stereocenters. The van der Waals surface area contributed by atoms with Crippen molar-refractivity contribution in [3.63, 3.8) is 0 Å². The monoisotopic (exact) mass is 411 g/mol. The second kappa shape index (κ2) is 8.38. The number of hydrogen-bond acceptors (Lipinski definition) is 5. The van der Waals surface area contributed by atoms with Gasteiger partial charge in [-0.1, -0.05) is 37.1 Å². The first-order valence-electron chi connectivity index (χ1n) is 10.5. The van der Waals surface area contributed by atoms with E-state index < -0.39 is 0 Å². The maximum absolute atomic E-state index is 13.0. The van der Waals surface area contributed by atoms with Crippen LogP contribution in [0.5, 0.6) is 0 Å². The average Bonchev–Trinajstić information content (AvgIpc) is 3.43. The lowest BCUT2D eigenvalue weighted by atomic mass is 9.99. The van der Waals surface area contributed by atoms with Crippen LogP contribution >= 0.6 is 11.3 Å². The molecule has 0 radical (unpaired) electrons. The second-order valence-electron chi connectivity index (χ2n) is 8.26. The van der Waals surface area contributed by atoms with Gasteiger partial charge in [-0.2, -0.15) is 0 Å². The predicted molar refractivity (Wildman–Crippen MR) is 119 cm³/mol. The third-order valence-corrected chi connectivity index (χ3v) is 6.53. The van der Waals surface area contributed by atoms with Crippen molar-refractivity contribution in [2.24, 2.45) is 0 Å². The first kappa shape index (κ1) is 20.3. The van der Waals surface area contributed by atoms with E-state index >= 15 is 0 Å². The Morgan fingerprint density at radius 2 is 2.10 bits per heavy atom. The van der Waals surface area contributed by atoms with E-state index in [1.807, 2.05) is 5.38 Å². The number of aromatic amines is 1. The zero-order valence-electron chi connectivity index (χ0n) is 17.4. The zero-order chi connectivity index (χ0) is 20.5. The Morgan fingerprint density at radius 1 is 1.31 bits per heavy atom. The molecule has 1 atom stereocenters. The Labute approximate surface area is 175 Å². The first-order chi connectivity index (χ1) is 14.0. The van der Waals surface area contributed by atoms with E-state index in [2.05, 4.69) is 48.9 Å². The van der Waals surface area contributed by atoms with Crippen LogP contribution < -0.4 is 5.56 Å². The number of nitrogens with zero attached hydrogens (tertiary/aromatic N) is 2. The summed E-state index contributed by atoms with van der Waals surface area (Å²) < 4.78 is 0. The van der Waals surface area contributed by atoms with E-state index in [9.17, 15) is 9.90 Å². The van der Waals surface area contributed by atoms with Crippen LogP contribution in [0.3, 0.4) is 0 Å². The highest BCUT2D eigenvalue weighted by Gasteiger charge is 2.30. The molecule has 5 nitrogen and oxygen atoms in total. The van der Waals surface area contributed by atoms with E-state index in [1.165, 1.54) is 16.9 Å².